The van der Waals surface area contributed by atoms with Gasteiger partial charge in [-0.25, -0.2) is 0 Å². The highest BCUT2D eigenvalue weighted by molar-refractivity contribution is 7.11. The van der Waals surface area contributed by atoms with Gasteiger partial charge >= 0.3 is 0 Å². The number of thiophene rings is 1. The van der Waals surface area contributed by atoms with Gasteiger partial charge in [-0.1, -0.05) is 13.8 Å². The number of aliphatic hydroxyl groups excluding tert-OH is 1. The standard InChI is InChI=1S/C17H31N3OS/c1-6-17(5,12-21)11-19-16(18-7-2)20-13(3)10-15-9-8-14(4)22-15/h8-9,13,21H,6-7,10-12H2,1-5H3,(H2,18,19,20). The summed E-state index contributed by atoms with van der Waals surface area (Å²) in [6.07, 6.45) is 1.91. The van der Waals surface area contributed by atoms with E-state index in [1.165, 1.54) is 9.75 Å². The lowest BCUT2D eigenvalue weighted by atomic mass is 9.89. The number of hydrogen-bond acceptors (Lipinski definition) is 3. The summed E-state index contributed by atoms with van der Waals surface area (Å²) in [6.45, 7) is 12.2. The van der Waals surface area contributed by atoms with Crippen LogP contribution in [0.2, 0.25) is 0 Å². The van der Waals surface area contributed by atoms with E-state index < -0.39 is 0 Å². The third kappa shape index (κ3) is 6.36. The average molecular weight is 326 g/mol. The van der Waals surface area contributed by atoms with Gasteiger partial charge in [0.15, 0.2) is 5.96 Å². The highest BCUT2D eigenvalue weighted by Crippen LogP contribution is 2.20. The molecule has 3 N–H and O–H groups in total. The number of nitrogens with zero attached hydrogens (tertiary/aromatic N) is 1. The van der Waals surface area contributed by atoms with Gasteiger partial charge in [-0.15, -0.1) is 11.3 Å². The SMILES string of the molecule is CCNC(=NCC(C)(CC)CO)NC(C)Cc1ccc(C)s1. The van der Waals surface area contributed by atoms with E-state index in [9.17, 15) is 5.11 Å². The van der Waals surface area contributed by atoms with Crippen LogP contribution in [0.15, 0.2) is 17.1 Å². The van der Waals surface area contributed by atoms with Gasteiger partial charge in [0.25, 0.3) is 0 Å². The Bertz CT molecular complexity index is 466. The third-order valence-electron chi connectivity index (χ3n) is 3.88. The molecule has 0 aliphatic carbocycles. The van der Waals surface area contributed by atoms with Gasteiger partial charge < -0.3 is 15.7 Å². The van der Waals surface area contributed by atoms with Crippen molar-refractivity contribution in [2.45, 2.75) is 53.5 Å². The Labute approximate surface area is 139 Å². The van der Waals surface area contributed by atoms with Crippen LogP contribution in [0.4, 0.5) is 0 Å². The van der Waals surface area contributed by atoms with Crippen molar-refractivity contribution in [1.82, 2.24) is 10.6 Å². The molecular weight excluding hydrogens is 294 g/mol. The Morgan fingerprint density at radius 3 is 2.64 bits per heavy atom. The Kier molecular flexibility index (Phi) is 7.90. The zero-order valence-corrected chi connectivity index (χ0v) is 15.4. The van der Waals surface area contributed by atoms with Crippen LogP contribution in [0.1, 0.15) is 43.9 Å². The average Bonchev–Trinajstić information content (AvgIpc) is 2.89. The highest BCUT2D eigenvalue weighted by atomic mass is 32.1. The van der Waals surface area contributed by atoms with E-state index in [2.05, 4.69) is 62.4 Å². The van der Waals surface area contributed by atoms with E-state index in [-0.39, 0.29) is 12.0 Å². The molecule has 126 valence electrons. The zero-order valence-electron chi connectivity index (χ0n) is 14.6. The lowest BCUT2D eigenvalue weighted by Crippen LogP contribution is -2.43. The van der Waals surface area contributed by atoms with E-state index >= 15 is 0 Å². The smallest absolute Gasteiger partial charge is 0.191 e. The van der Waals surface area contributed by atoms with Crippen LogP contribution in [0.3, 0.4) is 0 Å². The molecule has 0 fully saturated rings. The van der Waals surface area contributed by atoms with Crippen molar-refractivity contribution in [2.24, 2.45) is 10.4 Å². The fourth-order valence-corrected chi connectivity index (χ4v) is 3.06. The van der Waals surface area contributed by atoms with Crippen LogP contribution in [-0.4, -0.2) is 36.8 Å². The third-order valence-corrected chi connectivity index (χ3v) is 4.91. The summed E-state index contributed by atoms with van der Waals surface area (Å²) in [7, 11) is 0. The number of aryl methyl sites for hydroxylation is 1. The van der Waals surface area contributed by atoms with Gasteiger partial charge in [-0.05, 0) is 39.3 Å². The van der Waals surface area contributed by atoms with Crippen molar-refractivity contribution in [3.63, 3.8) is 0 Å². The monoisotopic (exact) mass is 325 g/mol. The fourth-order valence-electron chi connectivity index (χ4n) is 2.04. The van der Waals surface area contributed by atoms with Gasteiger partial charge in [0.1, 0.15) is 0 Å². The van der Waals surface area contributed by atoms with Crippen molar-refractivity contribution >= 4 is 17.3 Å². The van der Waals surface area contributed by atoms with Crippen molar-refractivity contribution in [1.29, 1.82) is 0 Å². The van der Waals surface area contributed by atoms with Crippen LogP contribution in [0, 0.1) is 12.3 Å². The zero-order chi connectivity index (χ0) is 16.6. The van der Waals surface area contributed by atoms with E-state index in [1.807, 2.05) is 11.3 Å². The maximum absolute atomic E-state index is 9.50. The van der Waals surface area contributed by atoms with Crippen LogP contribution in [-0.2, 0) is 6.42 Å². The molecule has 2 atom stereocenters. The van der Waals surface area contributed by atoms with Crippen LogP contribution in [0.25, 0.3) is 0 Å². The molecule has 0 bridgehead atoms. The first kappa shape index (κ1) is 19.0. The summed E-state index contributed by atoms with van der Waals surface area (Å²) < 4.78 is 0. The molecule has 0 saturated heterocycles. The number of nitrogens with one attached hydrogen (secondary N) is 2. The number of guanidine groups is 1. The maximum Gasteiger partial charge on any atom is 0.191 e. The number of aliphatic imine (C=N–C) groups is 1. The maximum atomic E-state index is 9.50. The number of aliphatic hydroxyl groups is 1. The second-order valence-electron chi connectivity index (χ2n) is 6.28. The Balaban J connectivity index is 2.62. The number of rotatable bonds is 8. The molecule has 5 heteroatoms. The molecule has 1 heterocycles. The number of hydrogen-bond donors (Lipinski definition) is 3. The van der Waals surface area contributed by atoms with Crippen molar-refractivity contribution in [2.75, 3.05) is 19.7 Å². The molecule has 0 spiro atoms. The first-order valence-corrected chi connectivity index (χ1v) is 8.95. The first-order chi connectivity index (χ1) is 10.4. The molecule has 22 heavy (non-hydrogen) atoms. The van der Waals surface area contributed by atoms with Gasteiger partial charge in [0.2, 0.25) is 0 Å². The minimum atomic E-state index is -0.142. The molecule has 1 rings (SSSR count). The summed E-state index contributed by atoms with van der Waals surface area (Å²) >= 11 is 1.85. The Morgan fingerprint density at radius 2 is 2.14 bits per heavy atom. The lowest BCUT2D eigenvalue weighted by Gasteiger charge is -2.24. The van der Waals surface area contributed by atoms with Crippen molar-refractivity contribution in [3.8, 4) is 0 Å². The van der Waals surface area contributed by atoms with Crippen molar-refractivity contribution in [3.05, 3.63) is 21.9 Å². The van der Waals surface area contributed by atoms with Crippen LogP contribution >= 0.6 is 11.3 Å². The van der Waals surface area contributed by atoms with E-state index in [0.717, 1.165) is 25.3 Å². The van der Waals surface area contributed by atoms with Gasteiger partial charge in [-0.3, -0.25) is 4.99 Å². The predicted molar refractivity (Wildman–Crippen MR) is 96.8 cm³/mol. The largest absolute Gasteiger partial charge is 0.396 e. The van der Waals surface area contributed by atoms with Gasteiger partial charge in [0, 0.05) is 34.2 Å². The summed E-state index contributed by atoms with van der Waals surface area (Å²) in [4.78, 5) is 7.39. The molecular formula is C17H31N3OS. The molecule has 0 amide bonds. The summed E-state index contributed by atoms with van der Waals surface area (Å²) in [6, 6.07) is 4.68. The van der Waals surface area contributed by atoms with Crippen LogP contribution in [0.5, 0.6) is 0 Å². The first-order valence-electron chi connectivity index (χ1n) is 8.13. The summed E-state index contributed by atoms with van der Waals surface area (Å²) in [5, 5.41) is 16.2. The van der Waals surface area contributed by atoms with Crippen molar-refractivity contribution < 1.29 is 5.11 Å². The van der Waals surface area contributed by atoms with Gasteiger partial charge in [0.05, 0.1) is 13.2 Å². The molecule has 0 aliphatic rings. The second-order valence-corrected chi connectivity index (χ2v) is 7.65. The predicted octanol–water partition coefficient (Wildman–Crippen LogP) is 2.95. The molecule has 0 aliphatic heterocycles. The fraction of sp³-hybridized carbons (Fsp3) is 0.706. The normalized spacial score (nSPS) is 16.2. The van der Waals surface area contributed by atoms with Crippen LogP contribution < -0.4 is 10.6 Å². The molecule has 0 saturated carbocycles. The minimum absolute atomic E-state index is 0.142. The molecule has 0 aromatic carbocycles. The Morgan fingerprint density at radius 1 is 1.41 bits per heavy atom. The van der Waals surface area contributed by atoms with E-state index in [4.69, 9.17) is 0 Å². The molecule has 0 radical (unpaired) electrons. The summed E-state index contributed by atoms with van der Waals surface area (Å²) in [5.41, 5.74) is -0.142. The quantitative estimate of drug-likeness (QED) is 0.509. The van der Waals surface area contributed by atoms with E-state index in [0.29, 0.717) is 12.6 Å². The topological polar surface area (TPSA) is 56.7 Å². The lowest BCUT2D eigenvalue weighted by molar-refractivity contribution is 0.145. The molecule has 4 nitrogen and oxygen atoms in total. The molecule has 2 unspecified atom stereocenters. The highest BCUT2D eigenvalue weighted by Gasteiger charge is 2.20. The summed E-state index contributed by atoms with van der Waals surface area (Å²) in [5.74, 6) is 0.830. The Hall–Kier alpha value is -1.07. The van der Waals surface area contributed by atoms with Gasteiger partial charge in [-0.2, -0.15) is 0 Å². The second kappa shape index (κ2) is 9.16. The minimum Gasteiger partial charge on any atom is -0.396 e. The molecule has 1 aromatic rings. The van der Waals surface area contributed by atoms with E-state index in [1.54, 1.807) is 0 Å². The molecule has 1 aromatic heterocycles.